The highest BCUT2D eigenvalue weighted by Crippen LogP contribution is 2.41. The Hall–Kier alpha value is -7.97. The molecule has 0 bridgehead atoms. The van der Waals surface area contributed by atoms with E-state index in [0.717, 1.165) is 82.6 Å². The van der Waals surface area contributed by atoms with Crippen LogP contribution in [-0.2, 0) is 0 Å². The van der Waals surface area contributed by atoms with Gasteiger partial charge in [-0.1, -0.05) is 109 Å². The van der Waals surface area contributed by atoms with E-state index in [2.05, 4.69) is 18.2 Å². The van der Waals surface area contributed by atoms with E-state index in [1.165, 1.54) is 0 Å². The van der Waals surface area contributed by atoms with Gasteiger partial charge in [0, 0.05) is 54.7 Å². The zero-order valence-corrected chi connectivity index (χ0v) is 30.0. The second-order valence-corrected chi connectivity index (χ2v) is 14.0. The maximum absolute atomic E-state index is 6.59. The highest BCUT2D eigenvalue weighted by molar-refractivity contribution is 6.13. The van der Waals surface area contributed by atoms with Gasteiger partial charge in [-0.3, -0.25) is 0 Å². The first-order chi connectivity index (χ1) is 28.2. The maximum atomic E-state index is 6.59. The Morgan fingerprint density at radius 2 is 0.912 bits per heavy atom. The van der Waals surface area contributed by atoms with Gasteiger partial charge in [-0.15, -0.1) is 0 Å². The minimum absolute atomic E-state index is 0.557. The molecule has 5 heterocycles. The van der Waals surface area contributed by atoms with E-state index in [4.69, 9.17) is 38.2 Å². The van der Waals surface area contributed by atoms with Gasteiger partial charge in [0.25, 0.3) is 0 Å². The summed E-state index contributed by atoms with van der Waals surface area (Å²) in [6, 6.07) is 54.3. The fourth-order valence-corrected chi connectivity index (χ4v) is 7.87. The Balaban J connectivity index is 1.04. The van der Waals surface area contributed by atoms with Crippen LogP contribution in [0.2, 0.25) is 0 Å². The predicted octanol–water partition coefficient (Wildman–Crippen LogP) is 12.7. The topological polar surface area (TPSA) is 104 Å². The summed E-state index contributed by atoms with van der Waals surface area (Å²) in [6.07, 6.45) is 0. The Labute approximate surface area is 323 Å². The molecule has 8 nitrogen and oxygen atoms in total. The van der Waals surface area contributed by atoms with E-state index >= 15 is 0 Å². The standard InChI is InChI=1S/C49H27N5O3/c1-3-12-28(13-4-1)46-52-47(29-14-5-2-6-15-29)54-49(53-46)35-18-11-21-40-42(35)33-24-22-31(27-41(33)56-40)48-50-43(45-44(51-48)34-17-8-10-20-38(34)57-45)30-23-25-39-36(26-30)32-16-7-9-19-37(32)55-39/h1-27H. The number of hydrogen-bond donors (Lipinski definition) is 0. The summed E-state index contributed by atoms with van der Waals surface area (Å²) in [6.45, 7) is 0. The van der Waals surface area contributed by atoms with Crippen LogP contribution in [0.25, 0.3) is 123 Å². The van der Waals surface area contributed by atoms with Gasteiger partial charge in [0.2, 0.25) is 0 Å². The molecule has 0 unspecified atom stereocenters. The fourth-order valence-electron chi connectivity index (χ4n) is 7.87. The van der Waals surface area contributed by atoms with Crippen molar-refractivity contribution in [2.75, 3.05) is 0 Å². The summed E-state index contributed by atoms with van der Waals surface area (Å²) in [5, 5.41) is 4.83. The van der Waals surface area contributed by atoms with Gasteiger partial charge in [0.05, 0.1) is 0 Å². The predicted molar refractivity (Wildman–Crippen MR) is 224 cm³/mol. The SMILES string of the molecule is c1ccc(-c2nc(-c3ccccc3)nc(-c3cccc4oc5cc(-c6nc(-c7ccc8oc9ccccc9c8c7)c7oc8ccccc8c7n6)ccc5c34)n2)cc1. The third kappa shape index (κ3) is 5.04. The molecule has 0 aliphatic rings. The molecule has 12 rings (SSSR count). The van der Waals surface area contributed by atoms with Crippen molar-refractivity contribution >= 4 is 65.9 Å². The number of rotatable bonds is 5. The summed E-state index contributed by atoms with van der Waals surface area (Å²) < 4.78 is 19.2. The molecule has 57 heavy (non-hydrogen) atoms. The third-order valence-corrected chi connectivity index (χ3v) is 10.6. The molecule has 0 radical (unpaired) electrons. The molecule has 0 atom stereocenters. The van der Waals surface area contributed by atoms with E-state index in [-0.39, 0.29) is 0 Å². The molecule has 0 spiro atoms. The number of aromatic nitrogens is 5. The van der Waals surface area contributed by atoms with Crippen LogP contribution in [0.15, 0.2) is 177 Å². The van der Waals surface area contributed by atoms with Crippen molar-refractivity contribution in [3.8, 4) is 56.8 Å². The zero-order valence-electron chi connectivity index (χ0n) is 30.0. The van der Waals surface area contributed by atoms with Gasteiger partial charge in [-0.05, 0) is 54.6 Å². The molecule has 0 saturated heterocycles. The molecule has 0 saturated carbocycles. The molecule has 7 aromatic carbocycles. The van der Waals surface area contributed by atoms with Crippen molar-refractivity contribution in [2.24, 2.45) is 0 Å². The molecule has 0 amide bonds. The van der Waals surface area contributed by atoms with Crippen molar-refractivity contribution < 1.29 is 13.3 Å². The lowest BCUT2D eigenvalue weighted by atomic mass is 10.0. The molecule has 0 N–H and O–H groups in total. The third-order valence-electron chi connectivity index (χ3n) is 10.6. The van der Waals surface area contributed by atoms with E-state index in [0.29, 0.717) is 40.2 Å². The first-order valence-electron chi connectivity index (χ1n) is 18.7. The minimum Gasteiger partial charge on any atom is -0.456 e. The van der Waals surface area contributed by atoms with Crippen molar-refractivity contribution in [1.82, 2.24) is 24.9 Å². The summed E-state index contributed by atoms with van der Waals surface area (Å²) in [7, 11) is 0. The van der Waals surface area contributed by atoms with Crippen molar-refractivity contribution in [3.63, 3.8) is 0 Å². The Morgan fingerprint density at radius 3 is 1.68 bits per heavy atom. The van der Waals surface area contributed by atoms with E-state index in [9.17, 15) is 0 Å². The van der Waals surface area contributed by atoms with E-state index < -0.39 is 0 Å². The summed E-state index contributed by atoms with van der Waals surface area (Å²) in [5.41, 5.74) is 10.3. The number of benzene rings is 7. The van der Waals surface area contributed by atoms with Gasteiger partial charge < -0.3 is 13.3 Å². The molecule has 12 aromatic rings. The average Bonchev–Trinajstić information content (AvgIpc) is 3.97. The molecular formula is C49H27N5O3. The van der Waals surface area contributed by atoms with Crippen LogP contribution in [0, 0.1) is 0 Å². The first-order valence-corrected chi connectivity index (χ1v) is 18.7. The molecular weight excluding hydrogens is 707 g/mol. The minimum atomic E-state index is 0.557. The molecule has 0 aliphatic heterocycles. The molecule has 0 fully saturated rings. The second-order valence-electron chi connectivity index (χ2n) is 14.0. The van der Waals surface area contributed by atoms with Crippen molar-refractivity contribution in [3.05, 3.63) is 164 Å². The monoisotopic (exact) mass is 733 g/mol. The lowest BCUT2D eigenvalue weighted by molar-refractivity contribution is 0.666. The first kappa shape index (κ1) is 31.4. The van der Waals surface area contributed by atoms with Crippen LogP contribution >= 0.6 is 0 Å². The average molecular weight is 734 g/mol. The molecule has 5 aromatic heterocycles. The van der Waals surface area contributed by atoms with E-state index in [1.807, 2.05) is 146 Å². The van der Waals surface area contributed by atoms with Crippen LogP contribution in [0.5, 0.6) is 0 Å². The summed E-state index contributed by atoms with van der Waals surface area (Å²) in [5.74, 6) is 2.32. The Bertz CT molecular complexity index is 3480. The lowest BCUT2D eigenvalue weighted by Gasteiger charge is -2.09. The molecule has 0 aliphatic carbocycles. The Kier molecular flexibility index (Phi) is 6.76. The molecule has 8 heteroatoms. The van der Waals surface area contributed by atoms with E-state index in [1.54, 1.807) is 0 Å². The summed E-state index contributed by atoms with van der Waals surface area (Å²) >= 11 is 0. The number of nitrogens with zero attached hydrogens (tertiary/aromatic N) is 5. The quantitative estimate of drug-likeness (QED) is 0.172. The van der Waals surface area contributed by atoms with Crippen LogP contribution in [0.4, 0.5) is 0 Å². The lowest BCUT2D eigenvalue weighted by Crippen LogP contribution is -2.00. The van der Waals surface area contributed by atoms with Crippen molar-refractivity contribution in [1.29, 1.82) is 0 Å². The highest BCUT2D eigenvalue weighted by Gasteiger charge is 2.22. The zero-order chi connectivity index (χ0) is 37.5. The maximum Gasteiger partial charge on any atom is 0.180 e. The van der Waals surface area contributed by atoms with Crippen LogP contribution < -0.4 is 0 Å². The van der Waals surface area contributed by atoms with Crippen molar-refractivity contribution in [2.45, 2.75) is 0 Å². The van der Waals surface area contributed by atoms with Gasteiger partial charge in [-0.25, -0.2) is 24.9 Å². The second kappa shape index (κ2) is 12.3. The fraction of sp³-hybridized carbons (Fsp3) is 0. The van der Waals surface area contributed by atoms with Gasteiger partial charge in [0.1, 0.15) is 39.1 Å². The smallest absolute Gasteiger partial charge is 0.180 e. The van der Waals surface area contributed by atoms with Gasteiger partial charge in [-0.2, -0.15) is 0 Å². The van der Waals surface area contributed by atoms with Crippen LogP contribution in [0.3, 0.4) is 0 Å². The van der Waals surface area contributed by atoms with Crippen LogP contribution in [-0.4, -0.2) is 24.9 Å². The highest BCUT2D eigenvalue weighted by atomic mass is 16.3. The normalized spacial score (nSPS) is 11.9. The number of hydrogen-bond acceptors (Lipinski definition) is 8. The largest absolute Gasteiger partial charge is 0.456 e. The molecule has 266 valence electrons. The Morgan fingerprint density at radius 1 is 0.316 bits per heavy atom. The number of fused-ring (bicyclic) bond motifs is 9. The number of furan rings is 3. The number of para-hydroxylation sites is 2. The van der Waals surface area contributed by atoms with Crippen LogP contribution in [0.1, 0.15) is 0 Å². The summed E-state index contributed by atoms with van der Waals surface area (Å²) in [4.78, 5) is 25.3. The van der Waals surface area contributed by atoms with Gasteiger partial charge in [0.15, 0.2) is 28.9 Å². The van der Waals surface area contributed by atoms with Gasteiger partial charge >= 0.3 is 0 Å².